The van der Waals surface area contributed by atoms with Crippen molar-refractivity contribution in [2.75, 3.05) is 10.7 Å². The Bertz CT molecular complexity index is 242. The summed E-state index contributed by atoms with van der Waals surface area (Å²) in [7, 11) is 0. The van der Waals surface area contributed by atoms with Crippen LogP contribution in [0.15, 0.2) is 24.3 Å². The van der Waals surface area contributed by atoms with Crippen LogP contribution in [0, 0.1) is 11.7 Å². The molecule has 0 spiro atoms. The first kappa shape index (κ1) is 11.2. The average Bonchev–Trinajstić information content (AvgIpc) is 2.17. The molecule has 1 aromatic carbocycles. The second kappa shape index (κ2) is 5.76. The monoisotopic (exact) mass is 308 g/mol. The van der Waals surface area contributed by atoms with E-state index >= 15 is 0 Å². The van der Waals surface area contributed by atoms with Crippen LogP contribution in [-0.4, -0.2) is 10.7 Å². The Kier molecular flexibility index (Phi) is 4.96. The second-order valence-electron chi connectivity index (χ2n) is 3.01. The van der Waals surface area contributed by atoms with Crippen LogP contribution in [-0.2, 0) is 6.42 Å². The van der Waals surface area contributed by atoms with Crippen LogP contribution in [0.5, 0.6) is 0 Å². The van der Waals surface area contributed by atoms with Gasteiger partial charge in [-0.15, -0.1) is 0 Å². The number of hydrogen-bond donors (Lipinski definition) is 0. The fourth-order valence-corrected chi connectivity index (χ4v) is 2.63. The van der Waals surface area contributed by atoms with Crippen molar-refractivity contribution in [1.82, 2.24) is 0 Å². The lowest BCUT2D eigenvalue weighted by Crippen LogP contribution is -2.07. The summed E-state index contributed by atoms with van der Waals surface area (Å²) in [5.41, 5.74) is 1.19. The predicted octanol–water partition coefficient (Wildman–Crippen LogP) is 3.77. The zero-order valence-electron chi connectivity index (χ0n) is 7.14. The highest BCUT2D eigenvalue weighted by molar-refractivity contribution is 9.09. The van der Waals surface area contributed by atoms with Gasteiger partial charge >= 0.3 is 0 Å². The minimum absolute atomic E-state index is 0.169. The zero-order valence-corrected chi connectivity index (χ0v) is 10.3. The molecule has 0 aliphatic heterocycles. The first-order valence-electron chi connectivity index (χ1n) is 4.12. The van der Waals surface area contributed by atoms with E-state index in [1.165, 1.54) is 17.7 Å². The van der Waals surface area contributed by atoms with Gasteiger partial charge in [0.2, 0.25) is 0 Å². The summed E-state index contributed by atoms with van der Waals surface area (Å²) in [5.74, 6) is 0.406. The molecule has 0 radical (unpaired) electrons. The summed E-state index contributed by atoms with van der Waals surface area (Å²) in [6.07, 6.45) is 0.983. The molecule has 0 unspecified atom stereocenters. The van der Waals surface area contributed by atoms with Crippen molar-refractivity contribution in [3.63, 3.8) is 0 Å². The van der Waals surface area contributed by atoms with Gasteiger partial charge < -0.3 is 0 Å². The fourth-order valence-electron chi connectivity index (χ4n) is 1.10. The van der Waals surface area contributed by atoms with Crippen molar-refractivity contribution in [2.45, 2.75) is 6.42 Å². The van der Waals surface area contributed by atoms with Gasteiger partial charge in [-0.2, -0.15) is 0 Å². The largest absolute Gasteiger partial charge is 0.207 e. The van der Waals surface area contributed by atoms with Crippen LogP contribution in [0.2, 0.25) is 0 Å². The molecule has 0 saturated heterocycles. The summed E-state index contributed by atoms with van der Waals surface area (Å²) in [4.78, 5) is 0. The van der Waals surface area contributed by atoms with Crippen LogP contribution < -0.4 is 0 Å². The molecule has 72 valence electrons. The van der Waals surface area contributed by atoms with Crippen molar-refractivity contribution in [3.8, 4) is 0 Å². The fraction of sp³-hybridized carbons (Fsp3) is 0.400. The Hall–Kier alpha value is 0.110. The number of benzene rings is 1. The van der Waals surface area contributed by atoms with Gasteiger partial charge in [0.05, 0.1) is 0 Å². The lowest BCUT2D eigenvalue weighted by atomic mass is 10.0. The lowest BCUT2D eigenvalue weighted by molar-refractivity contribution is 0.624. The Morgan fingerprint density at radius 3 is 2.08 bits per heavy atom. The zero-order chi connectivity index (χ0) is 9.68. The standard InChI is InChI=1S/C10H11Br2F/c11-6-9(7-12)5-8-1-3-10(13)4-2-8/h1-4,9H,5-7H2. The van der Waals surface area contributed by atoms with Gasteiger partial charge in [0.1, 0.15) is 5.82 Å². The van der Waals surface area contributed by atoms with Crippen molar-refractivity contribution in [2.24, 2.45) is 5.92 Å². The normalized spacial score (nSPS) is 10.8. The van der Waals surface area contributed by atoms with E-state index in [4.69, 9.17) is 0 Å². The third kappa shape index (κ3) is 3.77. The van der Waals surface area contributed by atoms with Gasteiger partial charge in [-0.25, -0.2) is 4.39 Å². The summed E-state index contributed by atoms with van der Waals surface area (Å²) in [6, 6.07) is 6.70. The Morgan fingerprint density at radius 2 is 1.62 bits per heavy atom. The van der Waals surface area contributed by atoms with E-state index in [-0.39, 0.29) is 5.82 Å². The number of hydrogen-bond acceptors (Lipinski definition) is 0. The number of halogens is 3. The first-order chi connectivity index (χ1) is 6.26. The Labute approximate surface area is 94.8 Å². The van der Waals surface area contributed by atoms with Gasteiger partial charge in [-0.3, -0.25) is 0 Å². The van der Waals surface area contributed by atoms with E-state index in [0.29, 0.717) is 5.92 Å². The van der Waals surface area contributed by atoms with Crippen molar-refractivity contribution in [3.05, 3.63) is 35.6 Å². The van der Waals surface area contributed by atoms with Crippen LogP contribution in [0.3, 0.4) is 0 Å². The molecule has 0 aromatic heterocycles. The Balaban J connectivity index is 2.58. The van der Waals surface area contributed by atoms with E-state index in [0.717, 1.165) is 17.1 Å². The third-order valence-corrected chi connectivity index (χ3v) is 3.71. The summed E-state index contributed by atoms with van der Waals surface area (Å²) in [6.45, 7) is 0. The SMILES string of the molecule is Fc1ccc(CC(CBr)CBr)cc1. The van der Waals surface area contributed by atoms with E-state index < -0.39 is 0 Å². The summed E-state index contributed by atoms with van der Waals surface area (Å²) < 4.78 is 12.6. The van der Waals surface area contributed by atoms with E-state index in [1.54, 1.807) is 0 Å². The van der Waals surface area contributed by atoms with Gasteiger partial charge in [0.25, 0.3) is 0 Å². The molecule has 0 nitrogen and oxygen atoms in total. The van der Waals surface area contributed by atoms with E-state index in [1.807, 2.05) is 12.1 Å². The van der Waals surface area contributed by atoms with Crippen LogP contribution in [0.4, 0.5) is 4.39 Å². The average molecular weight is 310 g/mol. The maximum Gasteiger partial charge on any atom is 0.123 e. The molecular weight excluding hydrogens is 299 g/mol. The predicted molar refractivity (Wildman–Crippen MR) is 61.2 cm³/mol. The molecule has 3 heteroatoms. The van der Waals surface area contributed by atoms with Crippen LogP contribution in [0.25, 0.3) is 0 Å². The maximum absolute atomic E-state index is 12.6. The third-order valence-electron chi connectivity index (χ3n) is 1.87. The quantitative estimate of drug-likeness (QED) is 0.743. The molecular formula is C10H11Br2F. The maximum atomic E-state index is 12.6. The molecule has 0 N–H and O–H groups in total. The van der Waals surface area contributed by atoms with Crippen LogP contribution >= 0.6 is 31.9 Å². The topological polar surface area (TPSA) is 0 Å². The molecule has 13 heavy (non-hydrogen) atoms. The minimum atomic E-state index is -0.169. The molecule has 1 aromatic rings. The number of alkyl halides is 2. The summed E-state index contributed by atoms with van der Waals surface area (Å²) in [5, 5.41) is 1.94. The molecule has 0 bridgehead atoms. The van der Waals surface area contributed by atoms with Gasteiger partial charge in [0, 0.05) is 10.7 Å². The smallest absolute Gasteiger partial charge is 0.123 e. The van der Waals surface area contributed by atoms with Crippen molar-refractivity contribution in [1.29, 1.82) is 0 Å². The number of rotatable bonds is 4. The Morgan fingerprint density at radius 1 is 1.08 bits per heavy atom. The molecule has 0 aliphatic carbocycles. The summed E-state index contributed by atoms with van der Waals surface area (Å²) >= 11 is 6.89. The van der Waals surface area contributed by atoms with E-state index in [2.05, 4.69) is 31.9 Å². The molecule has 0 atom stereocenters. The van der Waals surface area contributed by atoms with Crippen LogP contribution in [0.1, 0.15) is 5.56 Å². The van der Waals surface area contributed by atoms with Gasteiger partial charge in [-0.1, -0.05) is 44.0 Å². The molecule has 0 heterocycles. The molecule has 0 saturated carbocycles. The molecule has 0 aliphatic rings. The molecule has 0 fully saturated rings. The van der Waals surface area contributed by atoms with E-state index in [9.17, 15) is 4.39 Å². The molecule has 1 rings (SSSR count). The van der Waals surface area contributed by atoms with Gasteiger partial charge in [-0.05, 0) is 30.0 Å². The molecule has 0 amide bonds. The van der Waals surface area contributed by atoms with Crippen molar-refractivity contribution < 1.29 is 4.39 Å². The highest BCUT2D eigenvalue weighted by Gasteiger charge is 2.05. The highest BCUT2D eigenvalue weighted by atomic mass is 79.9. The highest BCUT2D eigenvalue weighted by Crippen LogP contribution is 2.14. The first-order valence-corrected chi connectivity index (χ1v) is 6.37. The minimum Gasteiger partial charge on any atom is -0.207 e. The van der Waals surface area contributed by atoms with Gasteiger partial charge in [0.15, 0.2) is 0 Å². The second-order valence-corrected chi connectivity index (χ2v) is 4.30. The van der Waals surface area contributed by atoms with Crippen molar-refractivity contribution >= 4 is 31.9 Å². The lowest BCUT2D eigenvalue weighted by Gasteiger charge is -2.09.